The van der Waals surface area contributed by atoms with Crippen LogP contribution in [0.1, 0.15) is 5.56 Å². The van der Waals surface area contributed by atoms with Crippen LogP contribution in [-0.2, 0) is 15.2 Å². The molecule has 0 aliphatic rings. The summed E-state index contributed by atoms with van der Waals surface area (Å²) in [5, 5.41) is 12.2. The summed E-state index contributed by atoms with van der Waals surface area (Å²) in [6, 6.07) is 8.78. The predicted octanol–water partition coefficient (Wildman–Crippen LogP) is 3.89. The fourth-order valence-corrected chi connectivity index (χ4v) is 3.59. The van der Waals surface area contributed by atoms with Crippen LogP contribution in [0.25, 0.3) is 27.5 Å². The molecular formula is C16H8ClF3N4O2S. The van der Waals surface area contributed by atoms with Gasteiger partial charge in [0, 0.05) is 27.8 Å². The molecule has 0 fully saturated rings. The number of alkyl halides is 3. The van der Waals surface area contributed by atoms with Gasteiger partial charge in [-0.2, -0.15) is 17.7 Å². The Labute approximate surface area is 154 Å². The van der Waals surface area contributed by atoms with E-state index in [4.69, 9.17) is 10.7 Å². The largest absolute Gasteiger partial charge is 0.416 e. The first-order valence-corrected chi connectivity index (χ1v) is 9.72. The molecular weight excluding hydrogens is 405 g/mol. The van der Waals surface area contributed by atoms with Gasteiger partial charge in [-0.3, -0.25) is 0 Å². The molecule has 11 heteroatoms. The lowest BCUT2D eigenvalue weighted by molar-refractivity contribution is -0.137. The van der Waals surface area contributed by atoms with E-state index in [9.17, 15) is 21.6 Å². The molecule has 0 aliphatic carbocycles. The summed E-state index contributed by atoms with van der Waals surface area (Å²) in [4.78, 5) is -0.133. The minimum atomic E-state index is -4.44. The Morgan fingerprint density at radius 3 is 2.33 bits per heavy atom. The van der Waals surface area contributed by atoms with Gasteiger partial charge in [0.1, 0.15) is 0 Å². The van der Waals surface area contributed by atoms with E-state index in [1.165, 1.54) is 34.8 Å². The number of pyridine rings is 1. The Balaban J connectivity index is 2.00. The molecule has 0 N–H and O–H groups in total. The van der Waals surface area contributed by atoms with E-state index < -0.39 is 20.8 Å². The van der Waals surface area contributed by atoms with Crippen molar-refractivity contribution in [2.45, 2.75) is 11.1 Å². The molecule has 6 nitrogen and oxygen atoms in total. The molecule has 0 aliphatic heterocycles. The van der Waals surface area contributed by atoms with Gasteiger partial charge >= 0.3 is 6.18 Å². The monoisotopic (exact) mass is 412 g/mol. The number of hydrogen-bond donors (Lipinski definition) is 0. The lowest BCUT2D eigenvalue weighted by Crippen LogP contribution is -2.04. The van der Waals surface area contributed by atoms with Gasteiger partial charge in [-0.05, 0) is 45.6 Å². The lowest BCUT2D eigenvalue weighted by atomic mass is 9.99. The average Bonchev–Trinajstić information content (AvgIpc) is 3.08. The Hall–Kier alpha value is -2.72. The summed E-state index contributed by atoms with van der Waals surface area (Å²) in [6.07, 6.45) is -2.88. The second kappa shape index (κ2) is 5.89. The van der Waals surface area contributed by atoms with Crippen LogP contribution in [-0.4, -0.2) is 28.5 Å². The highest BCUT2D eigenvalue weighted by atomic mass is 35.7. The van der Waals surface area contributed by atoms with Crippen molar-refractivity contribution in [3.05, 3.63) is 54.2 Å². The molecule has 4 rings (SSSR count). The van der Waals surface area contributed by atoms with Crippen LogP contribution >= 0.6 is 10.7 Å². The molecule has 138 valence electrons. The molecule has 0 spiro atoms. The van der Waals surface area contributed by atoms with Crippen LogP contribution in [0.15, 0.2) is 53.6 Å². The summed E-state index contributed by atoms with van der Waals surface area (Å²) in [7, 11) is 1.43. The van der Waals surface area contributed by atoms with Gasteiger partial charge < -0.3 is 0 Å². The number of fused-ring (bicyclic) bond motifs is 3. The van der Waals surface area contributed by atoms with Gasteiger partial charge in [-0.1, -0.05) is 18.2 Å². The van der Waals surface area contributed by atoms with Gasteiger partial charge in [0.2, 0.25) is 0 Å². The van der Waals surface area contributed by atoms with Crippen molar-refractivity contribution in [1.82, 2.24) is 20.0 Å². The van der Waals surface area contributed by atoms with E-state index >= 15 is 0 Å². The summed E-state index contributed by atoms with van der Waals surface area (Å²) in [6.45, 7) is 0. The van der Waals surface area contributed by atoms with Gasteiger partial charge in [0.25, 0.3) is 9.05 Å². The second-order valence-electron chi connectivity index (χ2n) is 5.71. The number of aromatic nitrogens is 4. The highest BCUT2D eigenvalue weighted by Crippen LogP contribution is 2.35. The van der Waals surface area contributed by atoms with Crippen LogP contribution in [0, 0.1) is 0 Å². The van der Waals surface area contributed by atoms with Crippen molar-refractivity contribution >= 4 is 36.2 Å². The van der Waals surface area contributed by atoms with Crippen LogP contribution in [0.3, 0.4) is 0 Å². The summed E-state index contributed by atoms with van der Waals surface area (Å²) in [5.41, 5.74) is 0.557. The van der Waals surface area contributed by atoms with Crippen molar-refractivity contribution in [2.24, 2.45) is 0 Å². The predicted molar refractivity (Wildman–Crippen MR) is 91.8 cm³/mol. The first-order chi connectivity index (χ1) is 12.6. The molecule has 2 aromatic heterocycles. The number of benzene rings is 2. The molecule has 0 saturated carbocycles. The minimum absolute atomic E-state index is 0.133. The molecule has 4 aromatic rings. The average molecular weight is 413 g/mol. The maximum Gasteiger partial charge on any atom is 0.416 e. The second-order valence-corrected chi connectivity index (χ2v) is 8.28. The van der Waals surface area contributed by atoms with Gasteiger partial charge in [-0.25, -0.2) is 8.42 Å². The molecule has 0 radical (unpaired) electrons. The molecule has 0 unspecified atom stereocenters. The van der Waals surface area contributed by atoms with Crippen molar-refractivity contribution in [3.63, 3.8) is 0 Å². The third-order valence-corrected chi connectivity index (χ3v) is 5.42. The van der Waals surface area contributed by atoms with Gasteiger partial charge in [-0.15, -0.1) is 5.10 Å². The van der Waals surface area contributed by atoms with E-state index in [0.717, 1.165) is 12.1 Å². The molecule has 27 heavy (non-hydrogen) atoms. The van der Waals surface area contributed by atoms with Crippen LogP contribution in [0.5, 0.6) is 0 Å². The number of tetrazole rings is 1. The third kappa shape index (κ3) is 3.10. The highest BCUT2D eigenvalue weighted by Gasteiger charge is 2.30. The van der Waals surface area contributed by atoms with Gasteiger partial charge in [0.15, 0.2) is 5.65 Å². The van der Waals surface area contributed by atoms with Crippen LogP contribution < -0.4 is 0 Å². The SMILES string of the molecule is O=S(=O)(Cl)c1ccc2c(-c3ccc(C(F)(F)F)cc3)cn3nnnc3c2c1. The minimum Gasteiger partial charge on any atom is -0.207 e. The summed E-state index contributed by atoms with van der Waals surface area (Å²) < 4.78 is 63.0. The summed E-state index contributed by atoms with van der Waals surface area (Å²) >= 11 is 0. The van der Waals surface area contributed by atoms with E-state index in [2.05, 4.69) is 15.5 Å². The first kappa shape index (κ1) is 17.7. The maximum atomic E-state index is 12.8. The van der Waals surface area contributed by atoms with Crippen LogP contribution in [0.4, 0.5) is 13.2 Å². The highest BCUT2D eigenvalue weighted by molar-refractivity contribution is 8.13. The zero-order valence-electron chi connectivity index (χ0n) is 13.1. The van der Waals surface area contributed by atoms with Crippen LogP contribution in [0.2, 0.25) is 0 Å². The zero-order valence-corrected chi connectivity index (χ0v) is 14.7. The molecule has 0 atom stereocenters. The fourth-order valence-electron chi connectivity index (χ4n) is 2.81. The Bertz CT molecular complexity index is 1290. The van der Waals surface area contributed by atoms with Crippen molar-refractivity contribution in [2.75, 3.05) is 0 Å². The first-order valence-electron chi connectivity index (χ1n) is 7.41. The Morgan fingerprint density at radius 1 is 1.00 bits per heavy atom. The molecule has 2 heterocycles. The number of hydrogen-bond acceptors (Lipinski definition) is 5. The van der Waals surface area contributed by atoms with Crippen molar-refractivity contribution in [3.8, 4) is 11.1 Å². The van der Waals surface area contributed by atoms with Gasteiger partial charge in [0.05, 0.1) is 10.5 Å². The smallest absolute Gasteiger partial charge is 0.207 e. The zero-order chi connectivity index (χ0) is 19.4. The van der Waals surface area contributed by atoms with E-state index in [1.807, 2.05) is 0 Å². The number of halogens is 4. The quantitative estimate of drug-likeness (QED) is 0.467. The summed E-state index contributed by atoms with van der Waals surface area (Å²) in [5.74, 6) is 0. The van der Waals surface area contributed by atoms with E-state index in [1.54, 1.807) is 6.20 Å². The Kier molecular flexibility index (Phi) is 3.86. The van der Waals surface area contributed by atoms with Crippen molar-refractivity contribution in [1.29, 1.82) is 0 Å². The van der Waals surface area contributed by atoms with E-state index in [0.29, 0.717) is 27.5 Å². The molecule has 2 aromatic carbocycles. The normalized spacial score (nSPS) is 12.7. The fraction of sp³-hybridized carbons (Fsp3) is 0.0625. The Morgan fingerprint density at radius 2 is 1.70 bits per heavy atom. The third-order valence-electron chi connectivity index (χ3n) is 4.07. The molecule has 0 bridgehead atoms. The molecule has 0 saturated heterocycles. The molecule has 0 amide bonds. The number of nitrogens with zero attached hydrogens (tertiary/aromatic N) is 4. The van der Waals surface area contributed by atoms with Crippen molar-refractivity contribution < 1.29 is 21.6 Å². The van der Waals surface area contributed by atoms with E-state index in [-0.39, 0.29) is 4.90 Å². The topological polar surface area (TPSA) is 77.2 Å². The lowest BCUT2D eigenvalue weighted by Gasteiger charge is -2.11. The maximum absolute atomic E-state index is 12.8. The number of rotatable bonds is 2. The standard InChI is InChI=1S/C16H8ClF3N4O2S/c17-27(25,26)11-5-6-12-13(7-11)15-21-22-23-24(15)8-14(12)9-1-3-10(4-2-9)16(18,19)20/h1-8H.